The largest absolute Gasteiger partial charge is 0.486 e. The molecule has 0 fully saturated rings. The van der Waals surface area contributed by atoms with Gasteiger partial charge in [0.15, 0.2) is 17.3 Å². The minimum absolute atomic E-state index is 0.555. The number of nitrogens with zero attached hydrogens (tertiary/aromatic N) is 5. The number of hydrogen-bond donors (Lipinski definition) is 0. The highest BCUT2D eigenvalue weighted by Crippen LogP contribution is 2.36. The van der Waals surface area contributed by atoms with E-state index >= 15 is 0 Å². The Kier molecular flexibility index (Phi) is 4.73. The van der Waals surface area contributed by atoms with Crippen LogP contribution in [0.5, 0.6) is 11.5 Å². The molecular weight excluding hydrogens is 410 g/mol. The lowest BCUT2D eigenvalue weighted by Crippen LogP contribution is -2.15. The van der Waals surface area contributed by atoms with Crippen molar-refractivity contribution < 1.29 is 9.47 Å². The van der Waals surface area contributed by atoms with Crippen LogP contribution < -0.4 is 9.47 Å². The number of pyridine rings is 1. The van der Waals surface area contributed by atoms with Gasteiger partial charge in [0.05, 0.1) is 17.0 Å². The Morgan fingerprint density at radius 3 is 2.62 bits per heavy atom. The van der Waals surface area contributed by atoms with Gasteiger partial charge in [-0.05, 0) is 59.3 Å². The van der Waals surface area contributed by atoms with Gasteiger partial charge >= 0.3 is 0 Å². The third kappa shape index (κ3) is 3.61. The van der Waals surface area contributed by atoms with Gasteiger partial charge in [0.2, 0.25) is 0 Å². The summed E-state index contributed by atoms with van der Waals surface area (Å²) in [5, 5.41) is 14.7. The van der Waals surface area contributed by atoms with Crippen LogP contribution in [0.15, 0.2) is 47.5 Å². The number of benzene rings is 2. The van der Waals surface area contributed by atoms with Gasteiger partial charge in [0.1, 0.15) is 18.2 Å². The fraction of sp³-hybridized carbons (Fsp3) is 0.200. The zero-order valence-corrected chi connectivity index (χ0v) is 17.1. The number of tetrazole rings is 1. The first kappa shape index (κ1) is 18.2. The molecule has 0 unspecified atom stereocenters. The van der Waals surface area contributed by atoms with Gasteiger partial charge < -0.3 is 9.47 Å². The minimum atomic E-state index is 0.555. The summed E-state index contributed by atoms with van der Waals surface area (Å²) in [6.45, 7) is 3.17. The van der Waals surface area contributed by atoms with Crippen LogP contribution in [0.1, 0.15) is 11.4 Å². The fourth-order valence-electron chi connectivity index (χ4n) is 3.16. The number of aryl methyl sites for hydroxylation is 1. The Morgan fingerprint density at radius 1 is 1.07 bits per heavy atom. The molecule has 0 N–H and O–H groups in total. The van der Waals surface area contributed by atoms with Crippen molar-refractivity contribution in [3.63, 3.8) is 0 Å². The molecule has 2 aromatic heterocycles. The quantitative estimate of drug-likeness (QED) is 0.453. The maximum absolute atomic E-state index is 5.97. The lowest BCUT2D eigenvalue weighted by Gasteiger charge is -2.19. The molecule has 5 rings (SSSR count). The molecule has 0 amide bonds. The molecule has 0 aliphatic carbocycles. The molecule has 146 valence electrons. The first-order valence-corrected chi connectivity index (χ1v) is 10.4. The molecule has 29 heavy (non-hydrogen) atoms. The first-order chi connectivity index (χ1) is 14.2. The van der Waals surface area contributed by atoms with Crippen molar-refractivity contribution in [1.29, 1.82) is 0 Å². The summed E-state index contributed by atoms with van der Waals surface area (Å²) >= 11 is 7.57. The molecule has 0 spiro atoms. The molecule has 0 saturated carbocycles. The summed E-state index contributed by atoms with van der Waals surface area (Å²) in [5.74, 6) is 2.83. The van der Waals surface area contributed by atoms with Crippen LogP contribution in [0.25, 0.3) is 16.6 Å². The van der Waals surface area contributed by atoms with Crippen LogP contribution in [0.4, 0.5) is 0 Å². The highest BCUT2D eigenvalue weighted by atomic mass is 35.5. The van der Waals surface area contributed by atoms with E-state index in [2.05, 4.69) is 21.6 Å². The molecule has 9 heteroatoms. The molecule has 7 nitrogen and oxygen atoms in total. The fourth-order valence-corrected chi connectivity index (χ4v) is 4.18. The van der Waals surface area contributed by atoms with Crippen LogP contribution in [-0.4, -0.2) is 38.4 Å². The molecule has 1 aliphatic rings. The molecule has 2 aromatic carbocycles. The standard InChI is InChI=1S/C20H16ClN5O2S/c1-12-8-13-9-17-18(28-7-6-27-17)10-16(13)22-20(12)29-11-19-23-24-25-26(19)15-4-2-14(21)3-5-15/h2-5,8-10H,6-7,11H2,1H3. The van der Waals surface area contributed by atoms with E-state index < -0.39 is 0 Å². The van der Waals surface area contributed by atoms with Crippen LogP contribution >= 0.6 is 23.4 Å². The third-order valence-corrected chi connectivity index (χ3v) is 5.91. The number of halogens is 1. The Morgan fingerprint density at radius 2 is 1.83 bits per heavy atom. The molecule has 0 atom stereocenters. The number of hydrogen-bond acceptors (Lipinski definition) is 7. The van der Waals surface area contributed by atoms with Crippen molar-refractivity contribution in [3.8, 4) is 17.2 Å². The van der Waals surface area contributed by atoms with Crippen molar-refractivity contribution in [1.82, 2.24) is 25.2 Å². The number of ether oxygens (including phenoxy) is 2. The zero-order valence-electron chi connectivity index (χ0n) is 15.5. The highest BCUT2D eigenvalue weighted by Gasteiger charge is 2.15. The summed E-state index contributed by atoms with van der Waals surface area (Å²) in [5.41, 5.74) is 2.83. The van der Waals surface area contributed by atoms with Gasteiger partial charge in [-0.2, -0.15) is 4.68 Å². The van der Waals surface area contributed by atoms with E-state index in [0.717, 1.165) is 44.5 Å². The average Bonchev–Trinajstić information content (AvgIpc) is 3.20. The molecule has 3 heterocycles. The number of aromatic nitrogens is 5. The van der Waals surface area contributed by atoms with Gasteiger partial charge in [-0.15, -0.1) is 5.10 Å². The van der Waals surface area contributed by atoms with Crippen LogP contribution in [0.3, 0.4) is 0 Å². The Labute approximate surface area is 176 Å². The lowest BCUT2D eigenvalue weighted by molar-refractivity contribution is 0.172. The second-order valence-electron chi connectivity index (χ2n) is 6.57. The van der Waals surface area contributed by atoms with Gasteiger partial charge in [-0.3, -0.25) is 0 Å². The van der Waals surface area contributed by atoms with Crippen LogP contribution in [-0.2, 0) is 5.75 Å². The van der Waals surface area contributed by atoms with Crippen molar-refractivity contribution in [2.24, 2.45) is 0 Å². The number of rotatable bonds is 4. The normalized spacial score (nSPS) is 13.0. The van der Waals surface area contributed by atoms with E-state index in [1.165, 1.54) is 0 Å². The first-order valence-electron chi connectivity index (χ1n) is 9.04. The summed E-state index contributed by atoms with van der Waals surface area (Å²) in [4.78, 5) is 4.83. The topological polar surface area (TPSA) is 75.0 Å². The monoisotopic (exact) mass is 425 g/mol. The molecule has 4 aromatic rings. The van der Waals surface area contributed by atoms with Crippen LogP contribution in [0, 0.1) is 6.92 Å². The molecule has 0 bridgehead atoms. The van der Waals surface area contributed by atoms with Crippen molar-refractivity contribution in [2.75, 3.05) is 13.2 Å². The van der Waals surface area contributed by atoms with Crippen LogP contribution in [0.2, 0.25) is 5.02 Å². The molecule has 0 radical (unpaired) electrons. The van der Waals surface area contributed by atoms with Gasteiger partial charge in [0.25, 0.3) is 0 Å². The summed E-state index contributed by atoms with van der Waals surface area (Å²) < 4.78 is 13.1. The lowest BCUT2D eigenvalue weighted by atomic mass is 10.1. The summed E-state index contributed by atoms with van der Waals surface area (Å²) in [6.07, 6.45) is 0. The third-order valence-electron chi connectivity index (χ3n) is 4.57. The number of thioether (sulfide) groups is 1. The summed E-state index contributed by atoms with van der Waals surface area (Å²) in [7, 11) is 0. The number of fused-ring (bicyclic) bond motifs is 2. The SMILES string of the molecule is Cc1cc2cc3c(cc2nc1SCc1nnnn1-c1ccc(Cl)cc1)OCCO3. The van der Waals surface area contributed by atoms with Crippen molar-refractivity contribution in [2.45, 2.75) is 17.7 Å². The second-order valence-corrected chi connectivity index (χ2v) is 7.97. The van der Waals surface area contributed by atoms with E-state index in [1.54, 1.807) is 16.4 Å². The van der Waals surface area contributed by atoms with E-state index in [-0.39, 0.29) is 0 Å². The van der Waals surface area contributed by atoms with Crippen molar-refractivity contribution in [3.05, 3.63) is 58.9 Å². The van der Waals surface area contributed by atoms with E-state index in [4.69, 9.17) is 26.1 Å². The predicted octanol–water partition coefficient (Wildman–Crippen LogP) is 4.24. The van der Waals surface area contributed by atoms with Crippen molar-refractivity contribution >= 4 is 34.3 Å². The average molecular weight is 426 g/mol. The van der Waals surface area contributed by atoms with Gasteiger partial charge in [0, 0.05) is 16.5 Å². The smallest absolute Gasteiger partial charge is 0.166 e. The Bertz CT molecular complexity index is 1200. The maximum Gasteiger partial charge on any atom is 0.166 e. The van der Waals surface area contributed by atoms with Gasteiger partial charge in [-0.25, -0.2) is 4.98 Å². The molecule has 1 aliphatic heterocycles. The predicted molar refractivity (Wildman–Crippen MR) is 111 cm³/mol. The maximum atomic E-state index is 5.97. The van der Waals surface area contributed by atoms with Gasteiger partial charge in [-0.1, -0.05) is 23.4 Å². The Hall–Kier alpha value is -2.84. The molecular formula is C20H16ClN5O2S. The Balaban J connectivity index is 1.42. The van der Waals surface area contributed by atoms with E-state index in [0.29, 0.717) is 24.0 Å². The minimum Gasteiger partial charge on any atom is -0.486 e. The summed E-state index contributed by atoms with van der Waals surface area (Å²) in [6, 6.07) is 13.4. The molecule has 0 saturated heterocycles. The highest BCUT2D eigenvalue weighted by molar-refractivity contribution is 7.98. The van der Waals surface area contributed by atoms with E-state index in [9.17, 15) is 0 Å². The van der Waals surface area contributed by atoms with E-state index in [1.807, 2.05) is 43.3 Å². The second kappa shape index (κ2) is 7.53. The zero-order chi connectivity index (χ0) is 19.8.